The number of aliphatic carboxylic acids is 1. The van der Waals surface area contributed by atoms with E-state index in [2.05, 4.69) is 30.9 Å². The Bertz CT molecular complexity index is 498. The summed E-state index contributed by atoms with van der Waals surface area (Å²) >= 11 is 0. The summed E-state index contributed by atoms with van der Waals surface area (Å²) in [7, 11) is 0. The first-order valence-electron chi connectivity index (χ1n) is 8.66. The van der Waals surface area contributed by atoms with E-state index in [1.54, 1.807) is 0 Å². The van der Waals surface area contributed by atoms with E-state index in [1.165, 1.54) is 5.56 Å². The molecule has 0 saturated carbocycles. The van der Waals surface area contributed by atoms with Gasteiger partial charge in [0, 0.05) is 12.6 Å². The Balaban J connectivity index is 1.88. The molecule has 4 heteroatoms. The van der Waals surface area contributed by atoms with Gasteiger partial charge in [-0.15, -0.1) is 0 Å². The van der Waals surface area contributed by atoms with E-state index in [9.17, 15) is 9.90 Å². The minimum Gasteiger partial charge on any atom is -0.494 e. The molecule has 1 aliphatic rings. The van der Waals surface area contributed by atoms with Crippen LogP contribution in [-0.2, 0) is 11.3 Å². The van der Waals surface area contributed by atoms with E-state index in [0.717, 1.165) is 44.7 Å². The molecule has 0 bridgehead atoms. The van der Waals surface area contributed by atoms with Gasteiger partial charge in [-0.3, -0.25) is 9.69 Å². The number of hydrogen-bond acceptors (Lipinski definition) is 3. The van der Waals surface area contributed by atoms with Gasteiger partial charge in [0.25, 0.3) is 0 Å². The molecule has 1 aromatic carbocycles. The van der Waals surface area contributed by atoms with Crippen molar-refractivity contribution in [2.75, 3.05) is 13.2 Å². The molecule has 1 aromatic rings. The number of carbonyl (C=O) groups is 1. The van der Waals surface area contributed by atoms with Crippen molar-refractivity contribution in [3.63, 3.8) is 0 Å². The molecule has 2 atom stereocenters. The van der Waals surface area contributed by atoms with Gasteiger partial charge in [-0.1, -0.05) is 26.0 Å². The van der Waals surface area contributed by atoms with Crippen LogP contribution in [0, 0.1) is 11.8 Å². The Kier molecular flexibility index (Phi) is 6.46. The SMILES string of the molecule is CC(C)CCOc1ccc(CN2CCC[C@H](C(=O)O)[C@@H]2C)cc1. The fourth-order valence-electron chi connectivity index (χ4n) is 3.10. The molecule has 23 heavy (non-hydrogen) atoms. The second kappa shape index (κ2) is 8.34. The fraction of sp³-hybridized carbons (Fsp3) is 0.632. The molecule has 1 fully saturated rings. The van der Waals surface area contributed by atoms with Gasteiger partial charge in [-0.25, -0.2) is 0 Å². The third-order valence-electron chi connectivity index (χ3n) is 4.71. The zero-order valence-electron chi connectivity index (χ0n) is 14.5. The molecular weight excluding hydrogens is 290 g/mol. The number of hydrogen-bond donors (Lipinski definition) is 1. The predicted octanol–water partition coefficient (Wildman–Crippen LogP) is 3.80. The van der Waals surface area contributed by atoms with Crippen LogP contribution in [0.3, 0.4) is 0 Å². The van der Waals surface area contributed by atoms with Gasteiger partial charge < -0.3 is 9.84 Å². The number of rotatable bonds is 7. The van der Waals surface area contributed by atoms with Gasteiger partial charge in [0.1, 0.15) is 5.75 Å². The Hall–Kier alpha value is -1.55. The van der Waals surface area contributed by atoms with E-state index < -0.39 is 5.97 Å². The summed E-state index contributed by atoms with van der Waals surface area (Å²) in [5.74, 6) is 0.639. The van der Waals surface area contributed by atoms with Gasteiger partial charge in [-0.2, -0.15) is 0 Å². The lowest BCUT2D eigenvalue weighted by atomic mass is 9.90. The number of piperidine rings is 1. The lowest BCUT2D eigenvalue weighted by Crippen LogP contribution is -2.45. The number of ether oxygens (including phenoxy) is 1. The van der Waals surface area contributed by atoms with E-state index in [0.29, 0.717) is 5.92 Å². The molecule has 0 spiro atoms. The summed E-state index contributed by atoms with van der Waals surface area (Å²) in [5, 5.41) is 9.31. The van der Waals surface area contributed by atoms with Gasteiger partial charge in [0.2, 0.25) is 0 Å². The minimum atomic E-state index is -0.670. The standard InChI is InChI=1S/C19H29NO3/c1-14(2)10-12-23-17-8-6-16(7-9-17)13-20-11-4-5-18(15(20)3)19(21)22/h6-9,14-15,18H,4-5,10-13H2,1-3H3,(H,21,22)/t15-,18-/m0/s1. The van der Waals surface area contributed by atoms with Gasteiger partial charge >= 0.3 is 5.97 Å². The van der Waals surface area contributed by atoms with Crippen molar-refractivity contribution in [3.8, 4) is 5.75 Å². The molecule has 0 amide bonds. The second-order valence-electron chi connectivity index (χ2n) is 6.97. The Morgan fingerprint density at radius 2 is 2.04 bits per heavy atom. The predicted molar refractivity (Wildman–Crippen MR) is 91.6 cm³/mol. The fourth-order valence-corrected chi connectivity index (χ4v) is 3.10. The highest BCUT2D eigenvalue weighted by Crippen LogP contribution is 2.25. The van der Waals surface area contributed by atoms with Crippen molar-refractivity contribution in [3.05, 3.63) is 29.8 Å². The van der Waals surface area contributed by atoms with E-state index in [-0.39, 0.29) is 12.0 Å². The summed E-state index contributed by atoms with van der Waals surface area (Å²) in [6.07, 6.45) is 2.80. The van der Waals surface area contributed by atoms with Crippen LogP contribution in [0.5, 0.6) is 5.75 Å². The minimum absolute atomic E-state index is 0.0863. The molecule has 1 saturated heterocycles. The number of carboxylic acids is 1. The normalized spacial score (nSPS) is 22.3. The summed E-state index contributed by atoms with van der Waals surface area (Å²) in [6, 6.07) is 8.28. The maximum absolute atomic E-state index is 11.3. The van der Waals surface area contributed by atoms with Crippen molar-refractivity contribution in [2.24, 2.45) is 11.8 Å². The summed E-state index contributed by atoms with van der Waals surface area (Å²) in [6.45, 7) is 8.93. The van der Waals surface area contributed by atoms with Crippen molar-refractivity contribution >= 4 is 5.97 Å². The van der Waals surface area contributed by atoms with Crippen molar-refractivity contribution in [2.45, 2.75) is 52.6 Å². The van der Waals surface area contributed by atoms with Crippen molar-refractivity contribution < 1.29 is 14.6 Å². The molecule has 1 aliphatic heterocycles. The number of nitrogens with zero attached hydrogens (tertiary/aromatic N) is 1. The Labute approximate surface area is 139 Å². The molecule has 1 N–H and O–H groups in total. The zero-order chi connectivity index (χ0) is 16.8. The average molecular weight is 319 g/mol. The van der Waals surface area contributed by atoms with E-state index in [1.807, 2.05) is 19.1 Å². The van der Waals surface area contributed by atoms with Crippen LogP contribution in [0.4, 0.5) is 0 Å². The third-order valence-corrected chi connectivity index (χ3v) is 4.71. The van der Waals surface area contributed by atoms with Gasteiger partial charge in [0.05, 0.1) is 12.5 Å². The number of carboxylic acid groups (broad SMARTS) is 1. The monoisotopic (exact) mass is 319 g/mol. The lowest BCUT2D eigenvalue weighted by Gasteiger charge is -2.37. The molecule has 0 aliphatic carbocycles. The van der Waals surface area contributed by atoms with Crippen LogP contribution in [0.1, 0.15) is 45.6 Å². The largest absolute Gasteiger partial charge is 0.494 e. The summed E-state index contributed by atoms with van der Waals surface area (Å²) in [5.41, 5.74) is 1.21. The topological polar surface area (TPSA) is 49.8 Å². The van der Waals surface area contributed by atoms with Crippen LogP contribution in [0.2, 0.25) is 0 Å². The molecule has 1 heterocycles. The third kappa shape index (κ3) is 5.24. The smallest absolute Gasteiger partial charge is 0.308 e. The number of benzene rings is 1. The van der Waals surface area contributed by atoms with Crippen LogP contribution < -0.4 is 4.74 Å². The maximum atomic E-state index is 11.3. The number of likely N-dealkylation sites (tertiary alicyclic amines) is 1. The maximum Gasteiger partial charge on any atom is 0.308 e. The molecule has 0 radical (unpaired) electrons. The molecule has 0 unspecified atom stereocenters. The molecular formula is C19H29NO3. The van der Waals surface area contributed by atoms with Crippen LogP contribution in [0.15, 0.2) is 24.3 Å². The van der Waals surface area contributed by atoms with Crippen LogP contribution in [0.25, 0.3) is 0 Å². The average Bonchev–Trinajstić information content (AvgIpc) is 2.50. The summed E-state index contributed by atoms with van der Waals surface area (Å²) < 4.78 is 5.74. The Morgan fingerprint density at radius 1 is 1.35 bits per heavy atom. The molecule has 128 valence electrons. The van der Waals surface area contributed by atoms with Crippen LogP contribution >= 0.6 is 0 Å². The van der Waals surface area contributed by atoms with E-state index >= 15 is 0 Å². The molecule has 2 rings (SSSR count). The van der Waals surface area contributed by atoms with Crippen molar-refractivity contribution in [1.29, 1.82) is 0 Å². The summed E-state index contributed by atoms with van der Waals surface area (Å²) in [4.78, 5) is 13.6. The van der Waals surface area contributed by atoms with Gasteiger partial charge in [-0.05, 0) is 56.3 Å². The van der Waals surface area contributed by atoms with Gasteiger partial charge in [0.15, 0.2) is 0 Å². The highest BCUT2D eigenvalue weighted by molar-refractivity contribution is 5.70. The first kappa shape index (κ1) is 17.8. The molecule has 4 nitrogen and oxygen atoms in total. The quantitative estimate of drug-likeness (QED) is 0.830. The second-order valence-corrected chi connectivity index (χ2v) is 6.97. The highest BCUT2D eigenvalue weighted by atomic mass is 16.5. The molecule has 0 aromatic heterocycles. The highest BCUT2D eigenvalue weighted by Gasteiger charge is 2.32. The van der Waals surface area contributed by atoms with Crippen molar-refractivity contribution in [1.82, 2.24) is 4.90 Å². The zero-order valence-corrected chi connectivity index (χ0v) is 14.5. The lowest BCUT2D eigenvalue weighted by molar-refractivity contribution is -0.145. The Morgan fingerprint density at radius 3 is 2.65 bits per heavy atom. The first-order chi connectivity index (χ1) is 11.0. The van der Waals surface area contributed by atoms with Crippen LogP contribution in [-0.4, -0.2) is 35.2 Å². The van der Waals surface area contributed by atoms with E-state index in [4.69, 9.17) is 4.74 Å². The first-order valence-corrected chi connectivity index (χ1v) is 8.66.